The molecule has 1 aliphatic carbocycles. The number of aliphatic imine (C=N–C) groups is 1. The molecule has 1 fully saturated rings. The van der Waals surface area contributed by atoms with Gasteiger partial charge in [0, 0.05) is 36.7 Å². The van der Waals surface area contributed by atoms with Crippen LogP contribution in [-0.2, 0) is 9.53 Å². The molecular formula is C30H31F2N5O9. The molecule has 1 aromatic heterocycles. The topological polar surface area (TPSA) is 213 Å². The maximum Gasteiger partial charge on any atom is 0.350 e. The first-order valence-corrected chi connectivity index (χ1v) is 13.9. The number of aromatic nitrogens is 1. The molecule has 0 bridgehead atoms. The van der Waals surface area contributed by atoms with Crippen LogP contribution in [-0.4, -0.2) is 92.9 Å². The van der Waals surface area contributed by atoms with Gasteiger partial charge in [-0.1, -0.05) is 0 Å². The minimum Gasteiger partial charge on any atom is -0.504 e. The van der Waals surface area contributed by atoms with E-state index in [0.29, 0.717) is 12.7 Å². The van der Waals surface area contributed by atoms with Gasteiger partial charge in [-0.3, -0.25) is 15.3 Å². The molecule has 0 spiro atoms. The standard InChI is InChI=1S/C30H31F2N5O9/c1-37-8-7-35-27(37)16-10-15(46-30(29(42)43-2)11-19(39)24(41)20(40)12-30)4-6-21(16)44-25-17(31)13-36-28(23(25)32)45-22-9-14(26(33)34)3-5-18(22)38/h3-7,9-10,13,19-20,24,27,38-41H,8,11-12H2,1-2H3,(H3,33,34). The van der Waals surface area contributed by atoms with Crippen molar-refractivity contribution in [3.63, 3.8) is 0 Å². The number of carbonyl (C=O) groups excluding carboxylic acids is 1. The predicted molar refractivity (Wildman–Crippen MR) is 156 cm³/mol. The van der Waals surface area contributed by atoms with Crippen LogP contribution >= 0.6 is 0 Å². The van der Waals surface area contributed by atoms with Crippen LogP contribution < -0.4 is 19.9 Å². The summed E-state index contributed by atoms with van der Waals surface area (Å²) in [5.41, 5.74) is 4.03. The summed E-state index contributed by atoms with van der Waals surface area (Å²) in [6, 6.07) is 7.79. The van der Waals surface area contributed by atoms with Crippen LogP contribution in [0.5, 0.6) is 34.6 Å². The number of halogens is 2. The number of carbonyl (C=O) groups is 1. The lowest BCUT2D eigenvalue weighted by molar-refractivity contribution is -0.184. The maximum atomic E-state index is 15.7. The van der Waals surface area contributed by atoms with Crippen molar-refractivity contribution < 1.29 is 52.9 Å². The van der Waals surface area contributed by atoms with E-state index >= 15 is 8.78 Å². The normalized spacial score (nSPS) is 24.4. The van der Waals surface area contributed by atoms with E-state index in [1.54, 1.807) is 18.2 Å². The second-order valence-corrected chi connectivity index (χ2v) is 10.8. The fourth-order valence-corrected chi connectivity index (χ4v) is 5.23. The number of benzene rings is 2. The summed E-state index contributed by atoms with van der Waals surface area (Å²) in [6.07, 6.45) is -3.74. The number of nitrogens with one attached hydrogen (secondary N) is 1. The molecule has 14 nitrogen and oxygen atoms in total. The van der Waals surface area contributed by atoms with Gasteiger partial charge in [0.05, 0.1) is 25.5 Å². The number of esters is 1. The number of phenolic OH excluding ortho intramolecular Hbond substituents is 1. The second-order valence-electron chi connectivity index (χ2n) is 10.8. The van der Waals surface area contributed by atoms with Crippen molar-refractivity contribution in [2.75, 3.05) is 20.7 Å². The summed E-state index contributed by atoms with van der Waals surface area (Å²) in [7, 11) is 2.85. The molecule has 5 rings (SSSR count). The number of aliphatic hydroxyl groups is 3. The van der Waals surface area contributed by atoms with Crippen molar-refractivity contribution in [2.24, 2.45) is 10.7 Å². The van der Waals surface area contributed by atoms with Gasteiger partial charge in [-0.25, -0.2) is 14.2 Å². The second kappa shape index (κ2) is 12.8. The number of pyridine rings is 1. The molecule has 0 radical (unpaired) electrons. The van der Waals surface area contributed by atoms with Gasteiger partial charge < -0.3 is 45.1 Å². The van der Waals surface area contributed by atoms with Crippen molar-refractivity contribution in [1.29, 1.82) is 5.41 Å². The number of hydrogen-bond acceptors (Lipinski definition) is 13. The summed E-state index contributed by atoms with van der Waals surface area (Å²) in [6.45, 7) is 0.427. The van der Waals surface area contributed by atoms with Crippen LogP contribution in [0.15, 0.2) is 47.6 Å². The lowest BCUT2D eigenvalue weighted by atomic mass is 9.79. The fraction of sp³-hybridized carbons (Fsp3) is 0.333. The number of hydrogen-bond donors (Lipinski definition) is 6. The highest BCUT2D eigenvalue weighted by Gasteiger charge is 2.52. The zero-order valence-corrected chi connectivity index (χ0v) is 24.6. The Labute approximate surface area is 260 Å². The number of methoxy groups -OCH3 is 1. The van der Waals surface area contributed by atoms with Crippen molar-refractivity contribution in [2.45, 2.75) is 42.9 Å². The quantitative estimate of drug-likeness (QED) is 0.112. The molecule has 1 aliphatic heterocycles. The average Bonchev–Trinajstić information content (AvgIpc) is 3.45. The van der Waals surface area contributed by atoms with E-state index < -0.39 is 77.9 Å². The molecule has 2 aliphatic rings. The van der Waals surface area contributed by atoms with E-state index in [-0.39, 0.29) is 34.2 Å². The Hall–Kier alpha value is -4.90. The molecule has 244 valence electrons. The van der Waals surface area contributed by atoms with Crippen LogP contribution in [0.1, 0.15) is 30.1 Å². The molecule has 7 N–H and O–H groups in total. The van der Waals surface area contributed by atoms with Gasteiger partial charge in [0.15, 0.2) is 17.3 Å². The van der Waals surface area contributed by atoms with Crippen LogP contribution in [0.3, 0.4) is 0 Å². The Kier molecular flexibility index (Phi) is 9.07. The number of aromatic hydroxyl groups is 1. The number of amidine groups is 1. The first-order chi connectivity index (χ1) is 21.8. The summed E-state index contributed by atoms with van der Waals surface area (Å²) in [5.74, 6) is -6.17. The zero-order valence-electron chi connectivity index (χ0n) is 24.6. The molecule has 3 aromatic rings. The van der Waals surface area contributed by atoms with Crippen LogP contribution in [0.4, 0.5) is 8.78 Å². The Bertz CT molecular complexity index is 1680. The van der Waals surface area contributed by atoms with E-state index in [9.17, 15) is 25.2 Å². The molecule has 0 saturated heterocycles. The number of nitrogens with two attached hydrogens (primary N) is 1. The average molecular weight is 644 g/mol. The Morgan fingerprint density at radius 3 is 2.43 bits per heavy atom. The molecule has 0 amide bonds. The predicted octanol–water partition coefficient (Wildman–Crippen LogP) is 2.12. The summed E-state index contributed by atoms with van der Waals surface area (Å²) in [5, 5.41) is 48.5. The number of nitrogens with zero attached hydrogens (tertiary/aromatic N) is 3. The Balaban J connectivity index is 1.51. The van der Waals surface area contributed by atoms with Gasteiger partial charge in [0.25, 0.3) is 5.88 Å². The molecule has 3 atom stereocenters. The van der Waals surface area contributed by atoms with E-state index in [1.165, 1.54) is 36.4 Å². The lowest BCUT2D eigenvalue weighted by Gasteiger charge is -2.41. The third-order valence-electron chi connectivity index (χ3n) is 7.62. The van der Waals surface area contributed by atoms with Gasteiger partial charge in [0.1, 0.15) is 29.6 Å². The van der Waals surface area contributed by atoms with E-state index in [0.717, 1.165) is 7.11 Å². The molecule has 1 saturated carbocycles. The van der Waals surface area contributed by atoms with E-state index in [1.807, 2.05) is 0 Å². The van der Waals surface area contributed by atoms with E-state index in [2.05, 4.69) is 9.98 Å². The van der Waals surface area contributed by atoms with Crippen molar-refractivity contribution in [3.8, 4) is 34.6 Å². The van der Waals surface area contributed by atoms with Gasteiger partial charge in [-0.15, -0.1) is 0 Å². The molecule has 3 unspecified atom stereocenters. The molecule has 46 heavy (non-hydrogen) atoms. The van der Waals surface area contributed by atoms with Gasteiger partial charge in [0.2, 0.25) is 17.2 Å². The number of ether oxygens (including phenoxy) is 4. The zero-order chi connectivity index (χ0) is 33.3. The Morgan fingerprint density at radius 1 is 1.09 bits per heavy atom. The molecule has 2 heterocycles. The van der Waals surface area contributed by atoms with Gasteiger partial charge >= 0.3 is 5.97 Å². The van der Waals surface area contributed by atoms with Gasteiger partial charge in [-0.2, -0.15) is 4.39 Å². The SMILES string of the molecule is COC(=O)C1(Oc2ccc(Oc3c(F)cnc(Oc4cc(C(=N)N)ccc4O)c3F)c(C3N=CCN3C)c2)CC(O)C(O)C(O)C1. The molecule has 16 heteroatoms. The summed E-state index contributed by atoms with van der Waals surface area (Å²) >= 11 is 0. The Morgan fingerprint density at radius 2 is 1.80 bits per heavy atom. The minimum absolute atomic E-state index is 0.0413. The number of nitrogen functional groups attached to an aromatic ring is 1. The first-order valence-electron chi connectivity index (χ1n) is 13.9. The highest BCUT2D eigenvalue weighted by molar-refractivity contribution is 5.95. The first kappa shape index (κ1) is 32.5. The maximum absolute atomic E-state index is 15.7. The molecular weight excluding hydrogens is 612 g/mol. The third-order valence-corrected chi connectivity index (χ3v) is 7.62. The largest absolute Gasteiger partial charge is 0.504 e. The minimum atomic E-state index is -1.88. The number of rotatable bonds is 9. The summed E-state index contributed by atoms with van der Waals surface area (Å²) in [4.78, 5) is 22.7. The van der Waals surface area contributed by atoms with Crippen molar-refractivity contribution in [1.82, 2.24) is 9.88 Å². The van der Waals surface area contributed by atoms with Gasteiger partial charge in [-0.05, 0) is 43.4 Å². The number of aliphatic hydroxyl groups excluding tert-OH is 3. The highest BCUT2D eigenvalue weighted by atomic mass is 19.1. The molecule has 2 aromatic carbocycles. The van der Waals surface area contributed by atoms with Crippen LogP contribution in [0.2, 0.25) is 0 Å². The highest BCUT2D eigenvalue weighted by Crippen LogP contribution is 2.42. The summed E-state index contributed by atoms with van der Waals surface area (Å²) < 4.78 is 52.7. The third kappa shape index (κ3) is 6.28. The number of phenols is 1. The van der Waals surface area contributed by atoms with Crippen LogP contribution in [0, 0.1) is 17.0 Å². The monoisotopic (exact) mass is 643 g/mol. The van der Waals surface area contributed by atoms with E-state index in [4.69, 9.17) is 30.1 Å². The van der Waals surface area contributed by atoms with Crippen molar-refractivity contribution >= 4 is 18.0 Å². The van der Waals surface area contributed by atoms with Crippen molar-refractivity contribution in [3.05, 3.63) is 65.4 Å². The van der Waals surface area contributed by atoms with Crippen LogP contribution in [0.25, 0.3) is 0 Å². The lowest BCUT2D eigenvalue weighted by Crippen LogP contribution is -2.59. The fourth-order valence-electron chi connectivity index (χ4n) is 5.23. The smallest absolute Gasteiger partial charge is 0.350 e.